The molecule has 2 unspecified atom stereocenters. The summed E-state index contributed by atoms with van der Waals surface area (Å²) in [6.07, 6.45) is 0. The Labute approximate surface area is 62.9 Å². The van der Waals surface area contributed by atoms with Crippen LogP contribution >= 0.6 is 0 Å². The number of hydrogen-bond donors (Lipinski definition) is 0. The Morgan fingerprint density at radius 1 is 1.89 bits per heavy atom. The van der Waals surface area contributed by atoms with Gasteiger partial charge in [-0.3, -0.25) is 0 Å². The third-order valence-electron chi connectivity index (χ3n) is 1.08. The molecule has 1 fully saturated rings. The summed E-state index contributed by atoms with van der Waals surface area (Å²) in [4.78, 5) is 0. The second-order valence-corrected chi connectivity index (χ2v) is 4.39. The summed E-state index contributed by atoms with van der Waals surface area (Å²) >= 11 is 0.537. The van der Waals surface area contributed by atoms with Gasteiger partial charge in [-0.25, -0.2) is 0 Å². The van der Waals surface area contributed by atoms with Crippen molar-refractivity contribution in [2.24, 2.45) is 0 Å². The summed E-state index contributed by atoms with van der Waals surface area (Å²) in [5, 5.41) is 1.33. The van der Waals surface area contributed by atoms with Gasteiger partial charge in [0, 0.05) is 0 Å². The summed E-state index contributed by atoms with van der Waals surface area (Å²) in [5.41, 5.74) is 0. The molecule has 0 spiro atoms. The molecule has 1 heterocycles. The average molecular weight is 191 g/mol. The van der Waals surface area contributed by atoms with Gasteiger partial charge < -0.3 is 0 Å². The fourth-order valence-electron chi connectivity index (χ4n) is 0.699. The van der Waals surface area contributed by atoms with Crippen molar-refractivity contribution >= 4 is 22.8 Å². The van der Waals surface area contributed by atoms with E-state index in [1.165, 1.54) is 0 Å². The molecule has 50 valence electrons. The Hall–Kier alpha value is 0.504. The van der Waals surface area contributed by atoms with E-state index >= 15 is 0 Å². The molecule has 2 nitrogen and oxygen atoms in total. The van der Waals surface area contributed by atoms with Crippen LogP contribution in [0, 0.1) is 0 Å². The van der Waals surface area contributed by atoms with Crippen LogP contribution in [0.4, 0.5) is 0 Å². The first-order chi connectivity index (χ1) is 4.33. The molecule has 0 aromatic carbocycles. The summed E-state index contributed by atoms with van der Waals surface area (Å²) in [7, 11) is 7.18. The Morgan fingerprint density at radius 2 is 2.67 bits per heavy atom. The van der Waals surface area contributed by atoms with Gasteiger partial charge in [-0.15, -0.1) is 0 Å². The molecule has 9 heavy (non-hydrogen) atoms. The van der Waals surface area contributed by atoms with E-state index in [1.54, 1.807) is 7.11 Å². The van der Waals surface area contributed by atoms with Crippen molar-refractivity contribution in [1.82, 2.24) is 0 Å². The zero-order chi connectivity index (χ0) is 6.69. The fraction of sp³-hybridized carbons (Fsp3) is 1.00. The van der Waals surface area contributed by atoms with Gasteiger partial charge in [0.05, 0.1) is 0 Å². The van der Waals surface area contributed by atoms with Gasteiger partial charge in [0.15, 0.2) is 0 Å². The molecule has 0 aromatic heterocycles. The van der Waals surface area contributed by atoms with Crippen LogP contribution in [0.5, 0.6) is 0 Å². The fourth-order valence-corrected chi connectivity index (χ4v) is 2.66. The molecule has 1 rings (SSSR count). The molecule has 1 saturated heterocycles. The van der Waals surface area contributed by atoms with Crippen molar-refractivity contribution in [2.75, 3.05) is 13.7 Å². The number of methoxy groups -OCH3 is 1. The summed E-state index contributed by atoms with van der Waals surface area (Å²) in [6.45, 7) is 0.702. The summed E-state index contributed by atoms with van der Waals surface area (Å²) in [6, 6.07) is -0.0230. The molecule has 0 bridgehead atoms. The van der Waals surface area contributed by atoms with E-state index in [-0.39, 0.29) is 6.00 Å². The molecule has 1 aliphatic heterocycles. The van der Waals surface area contributed by atoms with Crippen LogP contribution in [0.2, 0.25) is 5.32 Å². The molecule has 0 N–H and O–H groups in total. The van der Waals surface area contributed by atoms with Crippen molar-refractivity contribution in [3.63, 3.8) is 0 Å². The quantitative estimate of drug-likeness (QED) is 0.553. The number of hydrogen-bond acceptors (Lipinski definition) is 2. The van der Waals surface area contributed by atoms with Gasteiger partial charge >= 0.3 is 62.3 Å². The molecule has 0 amide bonds. The zero-order valence-corrected chi connectivity index (χ0v) is 7.08. The maximum absolute atomic E-state index is 5.49. The van der Waals surface area contributed by atoms with Crippen LogP contribution in [-0.2, 0) is 9.47 Å². The molecule has 2 radical (unpaired) electrons. The van der Waals surface area contributed by atoms with E-state index in [0.717, 1.165) is 5.32 Å². The van der Waals surface area contributed by atoms with Crippen LogP contribution < -0.4 is 0 Å². The number of ether oxygens (including phenoxy) is 2. The minimum atomic E-state index is -0.0230. The van der Waals surface area contributed by atoms with Crippen LogP contribution in [0.15, 0.2) is 0 Å². The molecule has 0 saturated carbocycles. The molecular formula is C5H9BO2Se. The maximum atomic E-state index is 5.49. The van der Waals surface area contributed by atoms with Gasteiger partial charge in [0.1, 0.15) is 0 Å². The van der Waals surface area contributed by atoms with Crippen molar-refractivity contribution in [1.29, 1.82) is 0 Å². The topological polar surface area (TPSA) is 18.5 Å². The summed E-state index contributed by atoms with van der Waals surface area (Å²) < 4.78 is 10.2. The Kier molecular flexibility index (Phi) is 3.06. The van der Waals surface area contributed by atoms with Gasteiger partial charge in [-0.05, 0) is 0 Å². The Bertz CT molecular complexity index is 89.0. The van der Waals surface area contributed by atoms with E-state index in [2.05, 4.69) is 0 Å². The van der Waals surface area contributed by atoms with Crippen molar-refractivity contribution in [3.8, 4) is 0 Å². The van der Waals surface area contributed by atoms with Crippen molar-refractivity contribution in [2.45, 2.75) is 16.3 Å². The summed E-state index contributed by atoms with van der Waals surface area (Å²) in [5.74, 6) is 0. The van der Waals surface area contributed by atoms with E-state index in [9.17, 15) is 0 Å². The van der Waals surface area contributed by atoms with Crippen LogP contribution in [0.3, 0.4) is 0 Å². The molecule has 1 aliphatic rings. The number of rotatable bonds is 2. The predicted octanol–water partition coefficient (Wildman–Crippen LogP) is -0.394. The minimum absolute atomic E-state index is 0.0230. The van der Waals surface area contributed by atoms with E-state index in [1.807, 2.05) is 0 Å². The zero-order valence-electron chi connectivity index (χ0n) is 5.37. The van der Waals surface area contributed by atoms with Crippen LogP contribution in [0.1, 0.15) is 0 Å². The first-order valence-corrected chi connectivity index (χ1v) is 5.04. The van der Waals surface area contributed by atoms with E-state index in [4.69, 9.17) is 17.3 Å². The molecule has 4 heteroatoms. The molecule has 0 aliphatic carbocycles. The average Bonchev–Trinajstić information content (AvgIpc) is 2.17. The third-order valence-corrected chi connectivity index (χ3v) is 3.47. The monoisotopic (exact) mass is 192 g/mol. The normalized spacial score (nSPS) is 35.2. The SMILES string of the molecule is [B]C1C[Se]C(COC)O1. The van der Waals surface area contributed by atoms with Crippen molar-refractivity contribution in [3.05, 3.63) is 0 Å². The van der Waals surface area contributed by atoms with Crippen molar-refractivity contribution < 1.29 is 9.47 Å². The van der Waals surface area contributed by atoms with Crippen LogP contribution in [0.25, 0.3) is 0 Å². The third kappa shape index (κ3) is 2.30. The second-order valence-electron chi connectivity index (χ2n) is 1.89. The van der Waals surface area contributed by atoms with E-state index in [0.29, 0.717) is 26.6 Å². The van der Waals surface area contributed by atoms with Crippen LogP contribution in [-0.4, -0.2) is 47.5 Å². The Balaban J connectivity index is 2.14. The standard InChI is InChI=1S/C5H9BO2Se/c1-7-2-5-8-4(6)3-9-5/h4-5H,2-3H2,1H3. The Morgan fingerprint density at radius 3 is 3.11 bits per heavy atom. The van der Waals surface area contributed by atoms with Gasteiger partial charge in [0.25, 0.3) is 0 Å². The van der Waals surface area contributed by atoms with Gasteiger partial charge in [-0.1, -0.05) is 0 Å². The predicted molar refractivity (Wildman–Crippen MR) is 36.9 cm³/mol. The second kappa shape index (κ2) is 3.62. The molecule has 0 aromatic rings. The first kappa shape index (κ1) is 7.61. The molecular weight excluding hydrogens is 182 g/mol. The first-order valence-electron chi connectivity index (χ1n) is 2.84. The molecule has 2 atom stereocenters. The van der Waals surface area contributed by atoms with Gasteiger partial charge in [0.2, 0.25) is 0 Å². The van der Waals surface area contributed by atoms with Gasteiger partial charge in [-0.2, -0.15) is 0 Å². The van der Waals surface area contributed by atoms with E-state index < -0.39 is 0 Å².